The van der Waals surface area contributed by atoms with E-state index in [0.717, 1.165) is 37.6 Å². The Morgan fingerprint density at radius 3 is 2.54 bits per heavy atom. The Hall–Kier alpha value is -2.24. The molecule has 6 nitrogen and oxygen atoms in total. The fourth-order valence-electron chi connectivity index (χ4n) is 3.17. The molecule has 1 aromatic rings. The van der Waals surface area contributed by atoms with Gasteiger partial charge in [-0.25, -0.2) is 0 Å². The van der Waals surface area contributed by atoms with Crippen LogP contribution in [0.15, 0.2) is 29.3 Å². The minimum absolute atomic E-state index is 0.0419. The molecule has 2 N–H and O–H groups in total. The molecule has 0 spiro atoms. The Kier molecular flexibility index (Phi) is 7.75. The maximum Gasteiger partial charge on any atom is 0.220 e. The zero-order valence-electron chi connectivity index (χ0n) is 16.4. The van der Waals surface area contributed by atoms with Gasteiger partial charge in [0, 0.05) is 33.6 Å². The number of nitrogens with zero attached hydrogens (tertiary/aromatic N) is 2. The molecule has 6 heteroatoms. The molecular weight excluding hydrogens is 328 g/mol. The largest absolute Gasteiger partial charge is 0.489 e. The Labute approximate surface area is 157 Å². The standard InChI is InChI=1S/C20H32N4O2/c1-15-5-7-18(8-6-15)26-16(2)14-23-20(22-4)24-11-9-17(10-12-24)13-19(25)21-3/h5-8,16-17H,9-14H2,1-4H3,(H,21,25)(H,22,23). The number of rotatable bonds is 6. The van der Waals surface area contributed by atoms with Crippen molar-refractivity contribution in [2.45, 2.75) is 39.2 Å². The van der Waals surface area contributed by atoms with E-state index in [9.17, 15) is 4.79 Å². The summed E-state index contributed by atoms with van der Waals surface area (Å²) in [7, 11) is 3.51. The van der Waals surface area contributed by atoms with Gasteiger partial charge in [-0.3, -0.25) is 9.79 Å². The summed E-state index contributed by atoms with van der Waals surface area (Å²) in [4.78, 5) is 18.2. The lowest BCUT2D eigenvalue weighted by molar-refractivity contribution is -0.121. The van der Waals surface area contributed by atoms with Gasteiger partial charge in [0.05, 0.1) is 6.54 Å². The van der Waals surface area contributed by atoms with Crippen molar-refractivity contribution >= 4 is 11.9 Å². The van der Waals surface area contributed by atoms with Crippen LogP contribution < -0.4 is 15.4 Å². The van der Waals surface area contributed by atoms with Crippen LogP contribution >= 0.6 is 0 Å². The number of aliphatic imine (C=N–C) groups is 1. The first kappa shape index (κ1) is 20.1. The van der Waals surface area contributed by atoms with Crippen molar-refractivity contribution in [1.82, 2.24) is 15.5 Å². The summed E-state index contributed by atoms with van der Waals surface area (Å²) in [6, 6.07) is 8.10. The van der Waals surface area contributed by atoms with Crippen LogP contribution in [0.2, 0.25) is 0 Å². The average molecular weight is 361 g/mol. The summed E-state index contributed by atoms with van der Waals surface area (Å²) in [5.74, 6) is 2.39. The van der Waals surface area contributed by atoms with E-state index in [-0.39, 0.29) is 12.0 Å². The van der Waals surface area contributed by atoms with Gasteiger partial charge in [0.25, 0.3) is 0 Å². The summed E-state index contributed by atoms with van der Waals surface area (Å²) in [5, 5.41) is 6.12. The van der Waals surface area contributed by atoms with E-state index in [4.69, 9.17) is 4.74 Å². The van der Waals surface area contributed by atoms with E-state index in [1.54, 1.807) is 7.05 Å². The predicted octanol–water partition coefficient (Wildman–Crippen LogP) is 2.19. The molecule has 0 aromatic heterocycles. The number of ether oxygens (including phenoxy) is 1. The van der Waals surface area contributed by atoms with E-state index >= 15 is 0 Å². The van der Waals surface area contributed by atoms with Crippen molar-refractivity contribution in [1.29, 1.82) is 0 Å². The van der Waals surface area contributed by atoms with Gasteiger partial charge in [-0.1, -0.05) is 17.7 Å². The molecule has 0 bridgehead atoms. The molecule has 1 fully saturated rings. The Balaban J connectivity index is 1.75. The lowest BCUT2D eigenvalue weighted by Gasteiger charge is -2.34. The number of carbonyl (C=O) groups is 1. The average Bonchev–Trinajstić information content (AvgIpc) is 2.65. The van der Waals surface area contributed by atoms with Gasteiger partial charge in [-0.2, -0.15) is 0 Å². The maximum atomic E-state index is 11.5. The molecule has 1 saturated heterocycles. The molecule has 26 heavy (non-hydrogen) atoms. The normalized spacial score (nSPS) is 16.9. The lowest BCUT2D eigenvalue weighted by atomic mass is 9.93. The molecule has 1 aliphatic rings. The van der Waals surface area contributed by atoms with Gasteiger partial charge in [-0.05, 0) is 44.7 Å². The third-order valence-electron chi connectivity index (χ3n) is 4.78. The highest BCUT2D eigenvalue weighted by atomic mass is 16.5. The van der Waals surface area contributed by atoms with Gasteiger partial charge in [0.2, 0.25) is 5.91 Å². The van der Waals surface area contributed by atoms with E-state index < -0.39 is 0 Å². The summed E-state index contributed by atoms with van der Waals surface area (Å²) < 4.78 is 5.94. The molecule has 0 saturated carbocycles. The van der Waals surface area contributed by atoms with Crippen molar-refractivity contribution in [3.63, 3.8) is 0 Å². The van der Waals surface area contributed by atoms with Crippen molar-refractivity contribution in [3.8, 4) is 5.75 Å². The van der Waals surface area contributed by atoms with Crippen LogP contribution in [0.25, 0.3) is 0 Å². The van der Waals surface area contributed by atoms with Crippen molar-refractivity contribution < 1.29 is 9.53 Å². The second kappa shape index (κ2) is 10.0. The van der Waals surface area contributed by atoms with Crippen LogP contribution in [0.3, 0.4) is 0 Å². The zero-order valence-corrected chi connectivity index (χ0v) is 16.4. The van der Waals surface area contributed by atoms with Crippen LogP contribution in [-0.4, -0.2) is 56.6 Å². The number of benzene rings is 1. The van der Waals surface area contributed by atoms with Crippen molar-refractivity contribution in [2.75, 3.05) is 33.7 Å². The first-order valence-electron chi connectivity index (χ1n) is 9.41. The number of guanidine groups is 1. The molecule has 1 aromatic carbocycles. The number of hydrogen-bond donors (Lipinski definition) is 2. The van der Waals surface area contributed by atoms with Gasteiger partial charge in [0.1, 0.15) is 11.9 Å². The molecular formula is C20H32N4O2. The summed E-state index contributed by atoms with van der Waals surface area (Å²) in [6.07, 6.45) is 2.70. The summed E-state index contributed by atoms with van der Waals surface area (Å²) in [6.45, 7) is 6.66. The molecule has 1 amide bonds. The quantitative estimate of drug-likeness (QED) is 0.603. The molecule has 1 atom stereocenters. The number of piperidine rings is 1. The monoisotopic (exact) mass is 360 g/mol. The molecule has 2 rings (SSSR count). The van der Waals surface area contributed by atoms with Crippen LogP contribution in [0.5, 0.6) is 5.75 Å². The van der Waals surface area contributed by atoms with E-state index in [1.165, 1.54) is 5.56 Å². The number of carbonyl (C=O) groups excluding carboxylic acids is 1. The van der Waals surface area contributed by atoms with E-state index in [1.807, 2.05) is 19.2 Å². The van der Waals surface area contributed by atoms with Crippen LogP contribution in [-0.2, 0) is 4.79 Å². The summed E-state index contributed by atoms with van der Waals surface area (Å²) in [5.41, 5.74) is 1.23. The molecule has 144 valence electrons. The fraction of sp³-hybridized carbons (Fsp3) is 0.600. The second-order valence-corrected chi connectivity index (χ2v) is 6.98. The van der Waals surface area contributed by atoms with Crippen LogP contribution in [0.1, 0.15) is 31.7 Å². The maximum absolute atomic E-state index is 11.5. The molecule has 1 heterocycles. The fourth-order valence-corrected chi connectivity index (χ4v) is 3.17. The first-order valence-corrected chi connectivity index (χ1v) is 9.41. The van der Waals surface area contributed by atoms with Gasteiger partial charge in [0.15, 0.2) is 5.96 Å². The minimum Gasteiger partial charge on any atom is -0.489 e. The Morgan fingerprint density at radius 1 is 1.31 bits per heavy atom. The number of nitrogens with one attached hydrogen (secondary N) is 2. The minimum atomic E-state index is 0.0419. The number of likely N-dealkylation sites (tertiary alicyclic amines) is 1. The predicted molar refractivity (Wildman–Crippen MR) is 106 cm³/mol. The van der Waals surface area contributed by atoms with Crippen molar-refractivity contribution in [3.05, 3.63) is 29.8 Å². The highest BCUT2D eigenvalue weighted by molar-refractivity contribution is 5.80. The summed E-state index contributed by atoms with van der Waals surface area (Å²) >= 11 is 0. The molecule has 0 radical (unpaired) electrons. The van der Waals surface area contributed by atoms with Gasteiger partial charge >= 0.3 is 0 Å². The topological polar surface area (TPSA) is 66.0 Å². The van der Waals surface area contributed by atoms with Crippen LogP contribution in [0, 0.1) is 12.8 Å². The van der Waals surface area contributed by atoms with Gasteiger partial charge < -0.3 is 20.3 Å². The second-order valence-electron chi connectivity index (χ2n) is 6.98. The third kappa shape index (κ3) is 6.24. The molecule has 1 unspecified atom stereocenters. The Morgan fingerprint density at radius 2 is 1.96 bits per heavy atom. The number of amides is 1. The van der Waals surface area contributed by atoms with Crippen molar-refractivity contribution in [2.24, 2.45) is 10.9 Å². The smallest absolute Gasteiger partial charge is 0.220 e. The highest BCUT2D eigenvalue weighted by Gasteiger charge is 2.23. The highest BCUT2D eigenvalue weighted by Crippen LogP contribution is 2.20. The third-order valence-corrected chi connectivity index (χ3v) is 4.78. The molecule has 0 aliphatic carbocycles. The lowest BCUT2D eigenvalue weighted by Crippen LogP contribution is -2.48. The van der Waals surface area contributed by atoms with Gasteiger partial charge in [-0.15, -0.1) is 0 Å². The number of aryl methyl sites for hydroxylation is 1. The zero-order chi connectivity index (χ0) is 18.9. The van der Waals surface area contributed by atoms with E-state index in [0.29, 0.717) is 18.9 Å². The SMILES string of the molecule is CN=C(NCC(C)Oc1ccc(C)cc1)N1CCC(CC(=O)NC)CC1. The Bertz CT molecular complexity index is 592. The van der Waals surface area contributed by atoms with Crippen LogP contribution in [0.4, 0.5) is 0 Å². The molecule has 1 aliphatic heterocycles. The number of hydrogen-bond acceptors (Lipinski definition) is 3. The van der Waals surface area contributed by atoms with E-state index in [2.05, 4.69) is 46.5 Å². The first-order chi connectivity index (χ1) is 12.5.